The summed E-state index contributed by atoms with van der Waals surface area (Å²) >= 11 is 0. The number of carboxylic acid groups (broad SMARTS) is 1. The molecule has 15 heavy (non-hydrogen) atoms. The number of amides is 1. The Balaban J connectivity index is 2.07. The van der Waals surface area contributed by atoms with Crippen LogP contribution in [0.4, 0.5) is 0 Å². The van der Waals surface area contributed by atoms with Gasteiger partial charge in [-0.2, -0.15) is 0 Å². The normalized spacial score (nSPS) is 20.9. The monoisotopic (exact) mass is 210 g/mol. The van der Waals surface area contributed by atoms with Gasteiger partial charge in [0.2, 0.25) is 5.91 Å². The predicted molar refractivity (Wildman–Crippen MR) is 47.9 cm³/mol. The van der Waals surface area contributed by atoms with E-state index in [4.69, 9.17) is 5.11 Å². The second-order valence-corrected chi connectivity index (χ2v) is 3.34. The van der Waals surface area contributed by atoms with Gasteiger partial charge in [-0.3, -0.25) is 9.59 Å². The lowest BCUT2D eigenvalue weighted by molar-refractivity contribution is -0.143. The Bertz CT molecular complexity index is 375. The molecule has 0 saturated carbocycles. The molecule has 7 heteroatoms. The standard InChI is InChI=1S/C8H10N4O3/c13-7(14)5-11-3-1-6(8(11)15)12-4-2-9-10-12/h2,4,6H,1,3,5H2,(H,13,14). The molecule has 1 N–H and O–H groups in total. The van der Waals surface area contributed by atoms with Gasteiger partial charge in [0.1, 0.15) is 12.6 Å². The number of hydrogen-bond donors (Lipinski definition) is 1. The van der Waals surface area contributed by atoms with Crippen LogP contribution in [0.3, 0.4) is 0 Å². The Morgan fingerprint density at radius 1 is 1.67 bits per heavy atom. The summed E-state index contributed by atoms with van der Waals surface area (Å²) in [5.74, 6) is -1.20. The van der Waals surface area contributed by atoms with Gasteiger partial charge in [-0.15, -0.1) is 5.10 Å². The van der Waals surface area contributed by atoms with Crippen LogP contribution in [-0.4, -0.2) is 50.0 Å². The summed E-state index contributed by atoms with van der Waals surface area (Å²) < 4.78 is 1.46. The fraction of sp³-hybridized carbons (Fsp3) is 0.500. The lowest BCUT2D eigenvalue weighted by atomic mass is 10.2. The molecule has 0 aliphatic carbocycles. The van der Waals surface area contributed by atoms with Crippen LogP contribution in [-0.2, 0) is 9.59 Å². The van der Waals surface area contributed by atoms with Crippen molar-refractivity contribution in [3.8, 4) is 0 Å². The maximum absolute atomic E-state index is 11.7. The molecule has 1 unspecified atom stereocenters. The zero-order chi connectivity index (χ0) is 10.8. The topological polar surface area (TPSA) is 88.3 Å². The fourth-order valence-electron chi connectivity index (χ4n) is 1.67. The summed E-state index contributed by atoms with van der Waals surface area (Å²) in [4.78, 5) is 23.5. The molecule has 7 nitrogen and oxygen atoms in total. The minimum absolute atomic E-state index is 0.206. The molecule has 1 amide bonds. The van der Waals surface area contributed by atoms with Crippen LogP contribution in [0.5, 0.6) is 0 Å². The van der Waals surface area contributed by atoms with Gasteiger partial charge in [0.05, 0.1) is 6.20 Å². The molecular weight excluding hydrogens is 200 g/mol. The molecule has 80 valence electrons. The van der Waals surface area contributed by atoms with Crippen LogP contribution < -0.4 is 0 Å². The Morgan fingerprint density at radius 3 is 3.07 bits per heavy atom. The van der Waals surface area contributed by atoms with E-state index >= 15 is 0 Å². The maximum Gasteiger partial charge on any atom is 0.323 e. The van der Waals surface area contributed by atoms with E-state index in [1.165, 1.54) is 15.8 Å². The highest BCUT2D eigenvalue weighted by molar-refractivity contribution is 5.85. The maximum atomic E-state index is 11.7. The quantitative estimate of drug-likeness (QED) is 0.701. The number of nitrogens with zero attached hydrogens (tertiary/aromatic N) is 4. The van der Waals surface area contributed by atoms with Gasteiger partial charge in [-0.1, -0.05) is 5.21 Å². The highest BCUT2D eigenvalue weighted by atomic mass is 16.4. The second kappa shape index (κ2) is 3.68. The summed E-state index contributed by atoms with van der Waals surface area (Å²) in [5, 5.41) is 15.9. The number of carbonyl (C=O) groups is 2. The third-order valence-corrected chi connectivity index (χ3v) is 2.36. The van der Waals surface area contributed by atoms with E-state index in [9.17, 15) is 9.59 Å². The number of rotatable bonds is 3. The van der Waals surface area contributed by atoms with E-state index in [-0.39, 0.29) is 12.5 Å². The number of hydrogen-bond acceptors (Lipinski definition) is 4. The average molecular weight is 210 g/mol. The van der Waals surface area contributed by atoms with Crippen LogP contribution in [0.1, 0.15) is 12.5 Å². The Kier molecular flexibility index (Phi) is 2.36. The molecule has 1 aromatic heterocycles. The average Bonchev–Trinajstić information content (AvgIpc) is 2.76. The van der Waals surface area contributed by atoms with Crippen LogP contribution >= 0.6 is 0 Å². The fourth-order valence-corrected chi connectivity index (χ4v) is 1.67. The number of likely N-dealkylation sites (tertiary alicyclic amines) is 1. The summed E-state index contributed by atoms with van der Waals surface area (Å²) in [6.45, 7) is 0.208. The third kappa shape index (κ3) is 1.80. The first-order valence-corrected chi connectivity index (χ1v) is 4.55. The van der Waals surface area contributed by atoms with Crippen molar-refractivity contribution < 1.29 is 14.7 Å². The first kappa shape index (κ1) is 9.63. The van der Waals surface area contributed by atoms with Gasteiger partial charge in [0, 0.05) is 12.7 Å². The van der Waals surface area contributed by atoms with E-state index < -0.39 is 12.0 Å². The first-order valence-electron chi connectivity index (χ1n) is 4.55. The van der Waals surface area contributed by atoms with Crippen LogP contribution in [0.2, 0.25) is 0 Å². The molecule has 1 aliphatic heterocycles. The minimum atomic E-state index is -0.998. The first-order chi connectivity index (χ1) is 7.18. The predicted octanol–water partition coefficient (Wildman–Crippen LogP) is -0.864. The van der Waals surface area contributed by atoms with Crippen molar-refractivity contribution in [2.24, 2.45) is 0 Å². The van der Waals surface area contributed by atoms with Crippen LogP contribution in [0, 0.1) is 0 Å². The smallest absolute Gasteiger partial charge is 0.323 e. The van der Waals surface area contributed by atoms with E-state index in [1.807, 2.05) is 0 Å². The molecule has 1 saturated heterocycles. The SMILES string of the molecule is O=C(O)CN1CCC(n2ccnn2)C1=O. The molecule has 2 heterocycles. The number of carbonyl (C=O) groups excluding carboxylic acids is 1. The molecular formula is C8H10N4O3. The van der Waals surface area contributed by atoms with Crippen molar-refractivity contribution >= 4 is 11.9 Å². The van der Waals surface area contributed by atoms with Gasteiger partial charge in [-0.05, 0) is 6.42 Å². The molecule has 0 spiro atoms. The molecule has 0 bridgehead atoms. The van der Waals surface area contributed by atoms with Gasteiger partial charge in [-0.25, -0.2) is 4.68 Å². The summed E-state index contributed by atoms with van der Waals surface area (Å²) in [7, 11) is 0. The lowest BCUT2D eigenvalue weighted by Gasteiger charge is -2.13. The van der Waals surface area contributed by atoms with Crippen LogP contribution in [0.15, 0.2) is 12.4 Å². The summed E-state index contributed by atoms with van der Waals surface area (Å²) in [6.07, 6.45) is 3.68. The Morgan fingerprint density at radius 2 is 2.47 bits per heavy atom. The van der Waals surface area contributed by atoms with Crippen molar-refractivity contribution in [2.75, 3.05) is 13.1 Å². The van der Waals surface area contributed by atoms with Crippen molar-refractivity contribution in [3.05, 3.63) is 12.4 Å². The van der Waals surface area contributed by atoms with Gasteiger partial charge >= 0.3 is 5.97 Å². The molecule has 1 atom stereocenters. The van der Waals surface area contributed by atoms with Gasteiger partial charge in [0.15, 0.2) is 0 Å². The number of aromatic nitrogens is 3. The van der Waals surface area contributed by atoms with Crippen molar-refractivity contribution in [2.45, 2.75) is 12.5 Å². The highest BCUT2D eigenvalue weighted by Gasteiger charge is 2.34. The largest absolute Gasteiger partial charge is 0.480 e. The number of carboxylic acids is 1. The zero-order valence-corrected chi connectivity index (χ0v) is 7.91. The molecule has 1 aromatic rings. The van der Waals surface area contributed by atoms with E-state index in [0.29, 0.717) is 13.0 Å². The van der Waals surface area contributed by atoms with Crippen molar-refractivity contribution in [1.82, 2.24) is 19.9 Å². The minimum Gasteiger partial charge on any atom is -0.480 e. The number of aliphatic carboxylic acids is 1. The molecule has 0 radical (unpaired) electrons. The van der Waals surface area contributed by atoms with Gasteiger partial charge in [0.25, 0.3) is 0 Å². The van der Waals surface area contributed by atoms with Crippen molar-refractivity contribution in [1.29, 1.82) is 0 Å². The summed E-state index contributed by atoms with van der Waals surface area (Å²) in [6, 6.07) is -0.396. The Labute approximate surface area is 85.3 Å². The van der Waals surface area contributed by atoms with E-state index in [1.54, 1.807) is 6.20 Å². The molecule has 0 aromatic carbocycles. The third-order valence-electron chi connectivity index (χ3n) is 2.36. The van der Waals surface area contributed by atoms with Crippen molar-refractivity contribution in [3.63, 3.8) is 0 Å². The van der Waals surface area contributed by atoms with E-state index in [0.717, 1.165) is 0 Å². The lowest BCUT2D eigenvalue weighted by Crippen LogP contribution is -2.33. The van der Waals surface area contributed by atoms with E-state index in [2.05, 4.69) is 10.3 Å². The highest BCUT2D eigenvalue weighted by Crippen LogP contribution is 2.21. The summed E-state index contributed by atoms with van der Waals surface area (Å²) in [5.41, 5.74) is 0. The molecule has 2 rings (SSSR count). The van der Waals surface area contributed by atoms with Crippen LogP contribution in [0.25, 0.3) is 0 Å². The zero-order valence-electron chi connectivity index (χ0n) is 7.91. The Hall–Kier alpha value is -1.92. The van der Waals surface area contributed by atoms with Gasteiger partial charge < -0.3 is 10.0 Å². The second-order valence-electron chi connectivity index (χ2n) is 3.34. The molecule has 1 fully saturated rings. The molecule has 1 aliphatic rings.